The van der Waals surface area contributed by atoms with Crippen LogP contribution in [-0.4, -0.2) is 27.3 Å². The average Bonchev–Trinajstić information content (AvgIpc) is 2.52. The predicted octanol–water partition coefficient (Wildman–Crippen LogP) is -0.235. The monoisotopic (exact) mass is 169 g/mol. The summed E-state index contributed by atoms with van der Waals surface area (Å²) in [6, 6.07) is -0.190. The molecule has 0 saturated carbocycles. The van der Waals surface area contributed by atoms with Crippen molar-refractivity contribution in [1.82, 2.24) is 9.55 Å². The molecule has 0 aliphatic heterocycles. The molecule has 0 aliphatic rings. The third-order valence-electron chi connectivity index (χ3n) is 1.76. The lowest BCUT2D eigenvalue weighted by atomic mass is 10.2. The van der Waals surface area contributed by atoms with Crippen LogP contribution in [0.15, 0.2) is 12.5 Å². The van der Waals surface area contributed by atoms with Gasteiger partial charge in [-0.25, -0.2) is 4.98 Å². The fraction of sp³-hybridized carbons (Fsp3) is 0.625. The second kappa shape index (κ2) is 4.23. The number of hydrogen-bond acceptors (Lipinski definition) is 3. The van der Waals surface area contributed by atoms with Crippen molar-refractivity contribution in [3.63, 3.8) is 0 Å². The van der Waals surface area contributed by atoms with Gasteiger partial charge in [-0.1, -0.05) is 0 Å². The summed E-state index contributed by atoms with van der Waals surface area (Å²) in [5.41, 5.74) is 6.50. The van der Waals surface area contributed by atoms with Crippen LogP contribution in [0.4, 0.5) is 0 Å². The van der Waals surface area contributed by atoms with E-state index in [0.29, 0.717) is 6.42 Å². The number of hydrogen-bond donors (Lipinski definition) is 2. The molecule has 0 spiro atoms. The maximum Gasteiger partial charge on any atom is 0.0949 e. The van der Waals surface area contributed by atoms with Gasteiger partial charge in [-0.2, -0.15) is 0 Å². The normalized spacial score (nSPS) is 13.2. The van der Waals surface area contributed by atoms with Crippen LogP contribution in [0.5, 0.6) is 0 Å². The summed E-state index contributed by atoms with van der Waals surface area (Å²) in [7, 11) is 0. The third-order valence-corrected chi connectivity index (χ3v) is 1.76. The first kappa shape index (κ1) is 9.22. The van der Waals surface area contributed by atoms with Gasteiger partial charge in [-0.15, -0.1) is 0 Å². The van der Waals surface area contributed by atoms with Gasteiger partial charge in [-0.05, 0) is 6.92 Å². The summed E-state index contributed by atoms with van der Waals surface area (Å²) in [4.78, 5) is 4.15. The molecular weight excluding hydrogens is 154 g/mol. The lowest BCUT2D eigenvalue weighted by Gasteiger charge is -2.03. The van der Waals surface area contributed by atoms with Gasteiger partial charge < -0.3 is 15.4 Å². The Balaban J connectivity index is 2.52. The van der Waals surface area contributed by atoms with E-state index in [1.807, 2.05) is 10.8 Å². The van der Waals surface area contributed by atoms with E-state index in [1.54, 1.807) is 6.33 Å². The van der Waals surface area contributed by atoms with Crippen molar-refractivity contribution in [3.05, 3.63) is 18.2 Å². The Hall–Kier alpha value is -0.870. The molecule has 1 rings (SSSR count). The van der Waals surface area contributed by atoms with Gasteiger partial charge in [0.1, 0.15) is 0 Å². The first-order valence-corrected chi connectivity index (χ1v) is 4.13. The SMILES string of the molecule is CCn1cnc(CC(N)CO)c1. The van der Waals surface area contributed by atoms with Gasteiger partial charge in [0, 0.05) is 25.2 Å². The zero-order chi connectivity index (χ0) is 8.97. The number of aryl methyl sites for hydroxylation is 1. The van der Waals surface area contributed by atoms with Crippen LogP contribution in [0.2, 0.25) is 0 Å². The number of aromatic nitrogens is 2. The van der Waals surface area contributed by atoms with E-state index in [2.05, 4.69) is 11.9 Å². The molecule has 1 aromatic rings. The summed E-state index contributed by atoms with van der Waals surface area (Å²) in [6.07, 6.45) is 4.37. The Labute approximate surface area is 72.0 Å². The van der Waals surface area contributed by atoms with E-state index in [1.165, 1.54) is 0 Å². The van der Waals surface area contributed by atoms with E-state index < -0.39 is 0 Å². The van der Waals surface area contributed by atoms with E-state index >= 15 is 0 Å². The highest BCUT2D eigenvalue weighted by atomic mass is 16.3. The number of nitrogens with two attached hydrogens (primary N) is 1. The molecule has 12 heavy (non-hydrogen) atoms. The number of imidazole rings is 1. The minimum absolute atomic E-state index is 0.0129. The lowest BCUT2D eigenvalue weighted by molar-refractivity contribution is 0.264. The fourth-order valence-corrected chi connectivity index (χ4v) is 1.02. The minimum Gasteiger partial charge on any atom is -0.395 e. The van der Waals surface area contributed by atoms with Crippen LogP contribution in [-0.2, 0) is 13.0 Å². The van der Waals surface area contributed by atoms with Gasteiger partial charge >= 0.3 is 0 Å². The Morgan fingerprint density at radius 2 is 2.50 bits per heavy atom. The fourth-order valence-electron chi connectivity index (χ4n) is 1.02. The lowest BCUT2D eigenvalue weighted by Crippen LogP contribution is -2.26. The van der Waals surface area contributed by atoms with E-state index in [0.717, 1.165) is 12.2 Å². The molecule has 0 radical (unpaired) electrons. The zero-order valence-electron chi connectivity index (χ0n) is 7.27. The summed E-state index contributed by atoms with van der Waals surface area (Å²) >= 11 is 0. The molecule has 4 nitrogen and oxygen atoms in total. The predicted molar refractivity (Wildman–Crippen MR) is 46.7 cm³/mol. The molecule has 1 atom stereocenters. The minimum atomic E-state index is -0.190. The van der Waals surface area contributed by atoms with Crippen molar-refractivity contribution in [2.45, 2.75) is 25.9 Å². The van der Waals surface area contributed by atoms with Crippen molar-refractivity contribution in [2.24, 2.45) is 5.73 Å². The molecule has 0 bridgehead atoms. The van der Waals surface area contributed by atoms with Crippen LogP contribution in [0.3, 0.4) is 0 Å². The van der Waals surface area contributed by atoms with Crippen LogP contribution in [0.25, 0.3) is 0 Å². The number of rotatable bonds is 4. The first-order valence-electron chi connectivity index (χ1n) is 4.13. The molecule has 0 aromatic carbocycles. The van der Waals surface area contributed by atoms with Crippen LogP contribution in [0, 0.1) is 0 Å². The summed E-state index contributed by atoms with van der Waals surface area (Å²) in [6.45, 7) is 2.98. The van der Waals surface area contributed by atoms with Crippen LogP contribution >= 0.6 is 0 Å². The summed E-state index contributed by atoms with van der Waals surface area (Å²) < 4.78 is 1.99. The van der Waals surface area contributed by atoms with Crippen molar-refractivity contribution < 1.29 is 5.11 Å². The van der Waals surface area contributed by atoms with Crippen molar-refractivity contribution >= 4 is 0 Å². The highest BCUT2D eigenvalue weighted by Gasteiger charge is 2.04. The Morgan fingerprint density at radius 1 is 1.75 bits per heavy atom. The molecule has 0 amide bonds. The number of aliphatic hydroxyl groups excluding tert-OH is 1. The molecule has 1 heterocycles. The van der Waals surface area contributed by atoms with E-state index in [-0.39, 0.29) is 12.6 Å². The molecule has 1 aromatic heterocycles. The first-order chi connectivity index (χ1) is 5.76. The Kier molecular flexibility index (Phi) is 3.25. The molecule has 1 unspecified atom stereocenters. The molecule has 4 heteroatoms. The van der Waals surface area contributed by atoms with Crippen molar-refractivity contribution in [1.29, 1.82) is 0 Å². The van der Waals surface area contributed by atoms with E-state index in [9.17, 15) is 0 Å². The quantitative estimate of drug-likeness (QED) is 0.654. The molecule has 0 fully saturated rings. The second-order valence-electron chi connectivity index (χ2n) is 2.84. The molecule has 0 saturated heterocycles. The number of nitrogens with zero attached hydrogens (tertiary/aromatic N) is 2. The third kappa shape index (κ3) is 2.32. The Morgan fingerprint density at radius 3 is 3.00 bits per heavy atom. The van der Waals surface area contributed by atoms with Gasteiger partial charge in [-0.3, -0.25) is 0 Å². The molecule has 3 N–H and O–H groups in total. The maximum absolute atomic E-state index is 8.70. The highest BCUT2D eigenvalue weighted by Crippen LogP contribution is 1.98. The maximum atomic E-state index is 8.70. The summed E-state index contributed by atoms with van der Waals surface area (Å²) in [5, 5.41) is 8.70. The zero-order valence-corrected chi connectivity index (χ0v) is 7.27. The standard InChI is InChI=1S/C8H15N3O/c1-2-11-4-8(10-6-11)3-7(9)5-12/h4,6-7,12H,2-3,5,9H2,1H3. The van der Waals surface area contributed by atoms with E-state index in [4.69, 9.17) is 10.8 Å². The van der Waals surface area contributed by atoms with Gasteiger partial charge in [0.05, 0.1) is 18.6 Å². The topological polar surface area (TPSA) is 64.1 Å². The summed E-state index contributed by atoms with van der Waals surface area (Å²) in [5.74, 6) is 0. The average molecular weight is 169 g/mol. The Bertz CT molecular complexity index is 234. The number of aliphatic hydroxyl groups is 1. The second-order valence-corrected chi connectivity index (χ2v) is 2.84. The highest BCUT2D eigenvalue weighted by molar-refractivity contribution is 4.98. The van der Waals surface area contributed by atoms with Gasteiger partial charge in [0.25, 0.3) is 0 Å². The van der Waals surface area contributed by atoms with Gasteiger partial charge in [0.2, 0.25) is 0 Å². The van der Waals surface area contributed by atoms with Crippen molar-refractivity contribution in [2.75, 3.05) is 6.61 Å². The smallest absolute Gasteiger partial charge is 0.0949 e. The molecular formula is C8H15N3O. The van der Waals surface area contributed by atoms with Crippen LogP contribution in [0.1, 0.15) is 12.6 Å². The molecule has 0 aliphatic carbocycles. The van der Waals surface area contributed by atoms with Crippen molar-refractivity contribution in [3.8, 4) is 0 Å². The molecule has 68 valence electrons. The van der Waals surface area contributed by atoms with Gasteiger partial charge in [0.15, 0.2) is 0 Å². The van der Waals surface area contributed by atoms with Crippen LogP contribution < -0.4 is 5.73 Å². The largest absolute Gasteiger partial charge is 0.395 e.